The van der Waals surface area contributed by atoms with Crippen molar-refractivity contribution in [2.75, 3.05) is 12.4 Å². The quantitative estimate of drug-likeness (QED) is 0.827. The van der Waals surface area contributed by atoms with E-state index in [1.807, 2.05) is 48.5 Å². The molecule has 0 unspecified atom stereocenters. The van der Waals surface area contributed by atoms with Crippen molar-refractivity contribution in [3.8, 4) is 5.75 Å². The Morgan fingerprint density at radius 3 is 2.44 bits per heavy atom. The fourth-order valence-electron chi connectivity index (χ4n) is 1.59. The van der Waals surface area contributed by atoms with E-state index in [0.717, 1.165) is 22.7 Å². The van der Waals surface area contributed by atoms with E-state index < -0.39 is 0 Å². The maximum Gasteiger partial charge on any atom is 0.120 e. The standard InChI is InChI=1S/C14H14N2OS/c1-17-13-4-2-3-12(9-13)16-11-7-5-10(6-8-11)14(15)18/h2-9,16H,1H3,(H2,15,18). The van der Waals surface area contributed by atoms with Crippen molar-refractivity contribution >= 4 is 28.6 Å². The zero-order chi connectivity index (χ0) is 13.0. The summed E-state index contributed by atoms with van der Waals surface area (Å²) in [6, 6.07) is 15.4. The zero-order valence-electron chi connectivity index (χ0n) is 10.0. The Balaban J connectivity index is 2.15. The van der Waals surface area contributed by atoms with Crippen molar-refractivity contribution in [2.24, 2.45) is 5.73 Å². The van der Waals surface area contributed by atoms with Crippen LogP contribution in [0.4, 0.5) is 11.4 Å². The van der Waals surface area contributed by atoms with Crippen molar-refractivity contribution in [2.45, 2.75) is 0 Å². The van der Waals surface area contributed by atoms with E-state index in [1.54, 1.807) is 7.11 Å². The van der Waals surface area contributed by atoms with E-state index >= 15 is 0 Å². The maximum atomic E-state index is 5.55. The van der Waals surface area contributed by atoms with Gasteiger partial charge in [-0.1, -0.05) is 18.3 Å². The van der Waals surface area contributed by atoms with Crippen molar-refractivity contribution in [1.82, 2.24) is 0 Å². The molecule has 0 saturated heterocycles. The normalized spacial score (nSPS) is 9.83. The summed E-state index contributed by atoms with van der Waals surface area (Å²) >= 11 is 4.91. The van der Waals surface area contributed by atoms with Crippen LogP contribution in [0.25, 0.3) is 0 Å². The van der Waals surface area contributed by atoms with Gasteiger partial charge in [-0.25, -0.2) is 0 Å². The summed E-state index contributed by atoms with van der Waals surface area (Å²) in [6.45, 7) is 0. The smallest absolute Gasteiger partial charge is 0.120 e. The molecule has 0 aliphatic rings. The highest BCUT2D eigenvalue weighted by atomic mass is 32.1. The molecule has 92 valence electrons. The first-order chi connectivity index (χ1) is 8.69. The van der Waals surface area contributed by atoms with Crippen LogP contribution in [0.2, 0.25) is 0 Å². The number of hydrogen-bond acceptors (Lipinski definition) is 3. The molecule has 0 aliphatic carbocycles. The number of thiocarbonyl (C=S) groups is 1. The van der Waals surface area contributed by atoms with Gasteiger partial charge < -0.3 is 15.8 Å². The molecule has 3 nitrogen and oxygen atoms in total. The number of methoxy groups -OCH3 is 1. The molecule has 0 atom stereocenters. The Labute approximate surface area is 112 Å². The van der Waals surface area contributed by atoms with Gasteiger partial charge in [-0.2, -0.15) is 0 Å². The molecule has 0 aliphatic heterocycles. The van der Waals surface area contributed by atoms with Gasteiger partial charge in [-0.05, 0) is 36.4 Å². The second kappa shape index (κ2) is 5.51. The van der Waals surface area contributed by atoms with Crippen LogP contribution in [0.1, 0.15) is 5.56 Å². The number of nitrogens with two attached hydrogens (primary N) is 1. The van der Waals surface area contributed by atoms with E-state index in [2.05, 4.69) is 5.32 Å². The molecular formula is C14H14N2OS. The number of anilines is 2. The van der Waals surface area contributed by atoms with Crippen LogP contribution >= 0.6 is 12.2 Å². The minimum absolute atomic E-state index is 0.405. The Bertz CT molecular complexity index is 552. The van der Waals surface area contributed by atoms with Crippen LogP contribution in [-0.4, -0.2) is 12.1 Å². The average molecular weight is 258 g/mol. The molecule has 0 fully saturated rings. The SMILES string of the molecule is COc1cccc(Nc2ccc(C(N)=S)cc2)c1. The second-order valence-electron chi connectivity index (χ2n) is 3.80. The Kier molecular flexibility index (Phi) is 3.79. The van der Waals surface area contributed by atoms with Crippen LogP contribution in [-0.2, 0) is 0 Å². The summed E-state index contributed by atoms with van der Waals surface area (Å²) in [5, 5.41) is 3.28. The van der Waals surface area contributed by atoms with E-state index in [4.69, 9.17) is 22.7 Å². The molecule has 0 bridgehead atoms. The molecule has 0 radical (unpaired) electrons. The van der Waals surface area contributed by atoms with Gasteiger partial charge in [0.25, 0.3) is 0 Å². The highest BCUT2D eigenvalue weighted by molar-refractivity contribution is 7.80. The molecule has 0 saturated carbocycles. The number of ether oxygens (including phenoxy) is 1. The molecule has 0 aromatic heterocycles. The summed E-state index contributed by atoms with van der Waals surface area (Å²) < 4.78 is 5.17. The van der Waals surface area contributed by atoms with Gasteiger partial charge in [0.05, 0.1) is 7.11 Å². The van der Waals surface area contributed by atoms with E-state index in [9.17, 15) is 0 Å². The highest BCUT2D eigenvalue weighted by Crippen LogP contribution is 2.21. The third-order valence-electron chi connectivity index (χ3n) is 2.53. The number of benzene rings is 2. The minimum Gasteiger partial charge on any atom is -0.497 e. The molecule has 2 aromatic carbocycles. The fraction of sp³-hybridized carbons (Fsp3) is 0.0714. The Morgan fingerprint density at radius 2 is 1.83 bits per heavy atom. The maximum absolute atomic E-state index is 5.55. The molecule has 18 heavy (non-hydrogen) atoms. The van der Waals surface area contributed by atoms with Crippen molar-refractivity contribution in [1.29, 1.82) is 0 Å². The lowest BCUT2D eigenvalue weighted by Gasteiger charge is -2.08. The minimum atomic E-state index is 0.405. The van der Waals surface area contributed by atoms with Crippen molar-refractivity contribution in [3.63, 3.8) is 0 Å². The largest absolute Gasteiger partial charge is 0.497 e. The van der Waals surface area contributed by atoms with Gasteiger partial charge in [0.1, 0.15) is 10.7 Å². The van der Waals surface area contributed by atoms with Crippen LogP contribution in [0.5, 0.6) is 5.75 Å². The van der Waals surface area contributed by atoms with Crippen molar-refractivity contribution in [3.05, 3.63) is 54.1 Å². The fourth-order valence-corrected chi connectivity index (χ4v) is 1.72. The highest BCUT2D eigenvalue weighted by Gasteiger charge is 1.99. The lowest BCUT2D eigenvalue weighted by molar-refractivity contribution is 0.415. The molecule has 0 amide bonds. The van der Waals surface area contributed by atoms with Crippen molar-refractivity contribution < 1.29 is 4.74 Å². The first-order valence-corrected chi connectivity index (χ1v) is 5.91. The summed E-state index contributed by atoms with van der Waals surface area (Å²) in [7, 11) is 1.65. The topological polar surface area (TPSA) is 47.3 Å². The molecule has 2 aromatic rings. The average Bonchev–Trinajstić information content (AvgIpc) is 2.39. The lowest BCUT2D eigenvalue weighted by atomic mass is 10.2. The predicted molar refractivity (Wildman–Crippen MR) is 78.6 cm³/mol. The summed E-state index contributed by atoms with van der Waals surface area (Å²) in [5.41, 5.74) is 8.36. The summed E-state index contributed by atoms with van der Waals surface area (Å²) in [5.74, 6) is 0.819. The molecule has 3 N–H and O–H groups in total. The summed E-state index contributed by atoms with van der Waals surface area (Å²) in [6.07, 6.45) is 0. The number of nitrogens with one attached hydrogen (secondary N) is 1. The van der Waals surface area contributed by atoms with E-state index in [0.29, 0.717) is 4.99 Å². The molecular weight excluding hydrogens is 244 g/mol. The Morgan fingerprint density at radius 1 is 1.11 bits per heavy atom. The van der Waals surface area contributed by atoms with Crippen LogP contribution < -0.4 is 15.8 Å². The van der Waals surface area contributed by atoms with Crippen LogP contribution in [0, 0.1) is 0 Å². The third-order valence-corrected chi connectivity index (χ3v) is 2.76. The lowest BCUT2D eigenvalue weighted by Crippen LogP contribution is -2.08. The molecule has 4 heteroatoms. The van der Waals surface area contributed by atoms with Gasteiger partial charge in [-0.3, -0.25) is 0 Å². The van der Waals surface area contributed by atoms with Crippen LogP contribution in [0.3, 0.4) is 0 Å². The second-order valence-corrected chi connectivity index (χ2v) is 4.24. The van der Waals surface area contributed by atoms with Gasteiger partial charge in [0.15, 0.2) is 0 Å². The predicted octanol–water partition coefficient (Wildman–Crippen LogP) is 3.07. The zero-order valence-corrected chi connectivity index (χ0v) is 10.8. The first-order valence-electron chi connectivity index (χ1n) is 5.50. The van der Waals surface area contributed by atoms with Crippen LogP contribution in [0.15, 0.2) is 48.5 Å². The van der Waals surface area contributed by atoms with Gasteiger partial charge in [-0.15, -0.1) is 0 Å². The van der Waals surface area contributed by atoms with Gasteiger partial charge in [0.2, 0.25) is 0 Å². The third kappa shape index (κ3) is 2.99. The van der Waals surface area contributed by atoms with Gasteiger partial charge >= 0.3 is 0 Å². The molecule has 0 spiro atoms. The summed E-state index contributed by atoms with van der Waals surface area (Å²) in [4.78, 5) is 0.405. The monoisotopic (exact) mass is 258 g/mol. The number of hydrogen-bond donors (Lipinski definition) is 2. The Hall–Kier alpha value is -2.07. The van der Waals surface area contributed by atoms with E-state index in [-0.39, 0.29) is 0 Å². The molecule has 2 rings (SSSR count). The first kappa shape index (κ1) is 12.4. The molecule has 0 heterocycles. The number of rotatable bonds is 4. The van der Waals surface area contributed by atoms with Gasteiger partial charge in [0, 0.05) is 23.0 Å². The van der Waals surface area contributed by atoms with E-state index in [1.165, 1.54) is 0 Å².